The van der Waals surface area contributed by atoms with Gasteiger partial charge < -0.3 is 10.5 Å². The molecule has 0 fully saturated rings. The number of primary amides is 1. The Bertz CT molecular complexity index is 643. The van der Waals surface area contributed by atoms with Crippen molar-refractivity contribution in [3.63, 3.8) is 0 Å². The lowest BCUT2D eigenvalue weighted by molar-refractivity contribution is 0.0994. The van der Waals surface area contributed by atoms with Gasteiger partial charge in [-0.1, -0.05) is 28.1 Å². The fourth-order valence-electron chi connectivity index (χ4n) is 1.63. The average molecular weight is 324 g/mol. The highest BCUT2D eigenvalue weighted by Gasteiger charge is 2.16. The zero-order valence-electron chi connectivity index (χ0n) is 10.1. The van der Waals surface area contributed by atoms with E-state index in [4.69, 9.17) is 10.5 Å². The third-order valence-corrected chi connectivity index (χ3v) is 3.09. The summed E-state index contributed by atoms with van der Waals surface area (Å²) in [4.78, 5) is 11.3. The van der Waals surface area contributed by atoms with Gasteiger partial charge >= 0.3 is 0 Å². The van der Waals surface area contributed by atoms with E-state index in [1.807, 2.05) is 19.1 Å². The number of carbonyl (C=O) groups is 1. The molecule has 0 aliphatic carbocycles. The molecule has 0 aliphatic heterocycles. The van der Waals surface area contributed by atoms with E-state index in [1.165, 1.54) is 18.2 Å². The van der Waals surface area contributed by atoms with E-state index < -0.39 is 11.7 Å². The molecule has 0 saturated carbocycles. The molecule has 0 aromatic heterocycles. The van der Waals surface area contributed by atoms with Crippen molar-refractivity contribution in [1.29, 1.82) is 0 Å². The second-order valence-corrected chi connectivity index (χ2v) is 4.90. The van der Waals surface area contributed by atoms with Crippen LogP contribution in [0.1, 0.15) is 15.9 Å². The number of aryl methyl sites for hydroxylation is 1. The quantitative estimate of drug-likeness (QED) is 0.934. The van der Waals surface area contributed by atoms with Crippen LogP contribution in [0.5, 0.6) is 11.5 Å². The number of hydrogen-bond donors (Lipinski definition) is 1. The molecular formula is C14H11BrFNO2. The Morgan fingerprint density at radius 2 is 2.00 bits per heavy atom. The standard InChI is InChI=1S/C14H11BrFNO2/c1-8-5-6-9(15)7-12(8)19-11-4-2-3-10(16)13(11)14(17)18/h2-7H,1H3,(H2,17,18). The van der Waals surface area contributed by atoms with E-state index >= 15 is 0 Å². The van der Waals surface area contributed by atoms with Crippen LogP contribution in [0.15, 0.2) is 40.9 Å². The van der Waals surface area contributed by atoms with E-state index in [9.17, 15) is 9.18 Å². The van der Waals surface area contributed by atoms with Crippen LogP contribution in [0.25, 0.3) is 0 Å². The molecule has 1 amide bonds. The van der Waals surface area contributed by atoms with Crippen LogP contribution in [0.3, 0.4) is 0 Å². The van der Waals surface area contributed by atoms with Crippen molar-refractivity contribution in [1.82, 2.24) is 0 Å². The minimum atomic E-state index is -0.860. The van der Waals surface area contributed by atoms with Crippen molar-refractivity contribution in [2.75, 3.05) is 0 Å². The van der Waals surface area contributed by atoms with Crippen LogP contribution < -0.4 is 10.5 Å². The zero-order chi connectivity index (χ0) is 14.0. The summed E-state index contributed by atoms with van der Waals surface area (Å²) >= 11 is 3.33. The Morgan fingerprint density at radius 1 is 1.26 bits per heavy atom. The van der Waals surface area contributed by atoms with Crippen molar-refractivity contribution >= 4 is 21.8 Å². The van der Waals surface area contributed by atoms with Crippen LogP contribution in [-0.4, -0.2) is 5.91 Å². The molecule has 98 valence electrons. The molecule has 5 heteroatoms. The van der Waals surface area contributed by atoms with Crippen molar-refractivity contribution in [3.8, 4) is 11.5 Å². The molecule has 3 nitrogen and oxygen atoms in total. The zero-order valence-corrected chi connectivity index (χ0v) is 11.7. The predicted molar refractivity (Wildman–Crippen MR) is 73.9 cm³/mol. The number of ether oxygens (including phenoxy) is 1. The van der Waals surface area contributed by atoms with Crippen LogP contribution in [0, 0.1) is 12.7 Å². The summed E-state index contributed by atoms with van der Waals surface area (Å²) in [6, 6.07) is 9.59. The highest BCUT2D eigenvalue weighted by atomic mass is 79.9. The van der Waals surface area contributed by atoms with Crippen LogP contribution >= 0.6 is 15.9 Å². The molecule has 0 aliphatic rings. The molecule has 0 atom stereocenters. The minimum absolute atomic E-state index is 0.105. The minimum Gasteiger partial charge on any atom is -0.456 e. The van der Waals surface area contributed by atoms with Crippen molar-refractivity contribution in [2.45, 2.75) is 6.92 Å². The molecule has 0 heterocycles. The van der Waals surface area contributed by atoms with Gasteiger partial charge in [0.2, 0.25) is 0 Å². The molecule has 2 aromatic carbocycles. The molecule has 2 rings (SSSR count). The van der Waals surface area contributed by atoms with Gasteiger partial charge in [-0.05, 0) is 36.8 Å². The summed E-state index contributed by atoms with van der Waals surface area (Å²) in [7, 11) is 0. The van der Waals surface area contributed by atoms with Gasteiger partial charge in [0.15, 0.2) is 0 Å². The average Bonchev–Trinajstić information content (AvgIpc) is 2.33. The number of amides is 1. The van der Waals surface area contributed by atoms with Crippen LogP contribution in [-0.2, 0) is 0 Å². The van der Waals surface area contributed by atoms with Gasteiger partial charge in [0, 0.05) is 4.47 Å². The number of nitrogens with two attached hydrogens (primary N) is 1. The Kier molecular flexibility index (Phi) is 3.85. The fourth-order valence-corrected chi connectivity index (χ4v) is 1.97. The molecule has 2 N–H and O–H groups in total. The van der Waals surface area contributed by atoms with Gasteiger partial charge in [-0.2, -0.15) is 0 Å². The van der Waals surface area contributed by atoms with Gasteiger partial charge in [0.1, 0.15) is 22.9 Å². The van der Waals surface area contributed by atoms with Crippen molar-refractivity contribution < 1.29 is 13.9 Å². The molecule has 19 heavy (non-hydrogen) atoms. The molecule has 0 spiro atoms. The lowest BCUT2D eigenvalue weighted by Gasteiger charge is -2.12. The summed E-state index contributed by atoms with van der Waals surface area (Å²) in [5, 5.41) is 0. The van der Waals surface area contributed by atoms with Crippen LogP contribution in [0.2, 0.25) is 0 Å². The third kappa shape index (κ3) is 2.93. The first-order valence-corrected chi connectivity index (χ1v) is 6.30. The Hall–Kier alpha value is -1.88. The van der Waals surface area contributed by atoms with Crippen LogP contribution in [0.4, 0.5) is 4.39 Å². The van der Waals surface area contributed by atoms with E-state index in [0.29, 0.717) is 5.75 Å². The number of carbonyl (C=O) groups excluding carboxylic acids is 1. The Morgan fingerprint density at radius 3 is 2.68 bits per heavy atom. The van der Waals surface area contributed by atoms with Crippen molar-refractivity contribution in [3.05, 3.63) is 57.8 Å². The normalized spacial score (nSPS) is 10.3. The second-order valence-electron chi connectivity index (χ2n) is 3.99. The summed E-state index contributed by atoms with van der Waals surface area (Å²) < 4.78 is 20.0. The second kappa shape index (κ2) is 5.40. The Balaban J connectivity index is 2.46. The summed E-state index contributed by atoms with van der Waals surface area (Å²) in [5.74, 6) is -0.922. The molecule has 0 radical (unpaired) electrons. The maximum Gasteiger partial charge on any atom is 0.255 e. The monoisotopic (exact) mass is 323 g/mol. The smallest absolute Gasteiger partial charge is 0.255 e. The molecular weight excluding hydrogens is 313 g/mol. The number of halogens is 2. The molecule has 0 saturated heterocycles. The van der Waals surface area contributed by atoms with E-state index in [0.717, 1.165) is 10.0 Å². The van der Waals surface area contributed by atoms with E-state index in [1.54, 1.807) is 6.07 Å². The molecule has 0 bridgehead atoms. The van der Waals surface area contributed by atoms with Gasteiger partial charge in [-0.25, -0.2) is 4.39 Å². The maximum absolute atomic E-state index is 13.6. The van der Waals surface area contributed by atoms with Gasteiger partial charge in [0.05, 0.1) is 0 Å². The maximum atomic E-state index is 13.6. The SMILES string of the molecule is Cc1ccc(Br)cc1Oc1cccc(F)c1C(N)=O. The van der Waals surface area contributed by atoms with Crippen molar-refractivity contribution in [2.24, 2.45) is 5.73 Å². The lowest BCUT2D eigenvalue weighted by Crippen LogP contribution is -2.14. The summed E-state index contributed by atoms with van der Waals surface area (Å²) in [6.07, 6.45) is 0. The third-order valence-electron chi connectivity index (χ3n) is 2.59. The van der Waals surface area contributed by atoms with Gasteiger partial charge in [0.25, 0.3) is 5.91 Å². The topological polar surface area (TPSA) is 52.3 Å². The summed E-state index contributed by atoms with van der Waals surface area (Å²) in [5.41, 5.74) is 5.78. The highest BCUT2D eigenvalue weighted by molar-refractivity contribution is 9.10. The largest absolute Gasteiger partial charge is 0.456 e. The summed E-state index contributed by atoms with van der Waals surface area (Å²) in [6.45, 7) is 1.85. The first-order chi connectivity index (χ1) is 8.99. The predicted octanol–water partition coefficient (Wildman–Crippen LogP) is 3.79. The Labute approximate surface area is 118 Å². The number of hydrogen-bond acceptors (Lipinski definition) is 2. The van der Waals surface area contributed by atoms with E-state index in [2.05, 4.69) is 15.9 Å². The molecule has 0 unspecified atom stereocenters. The fraction of sp³-hybridized carbons (Fsp3) is 0.0714. The lowest BCUT2D eigenvalue weighted by atomic mass is 10.1. The molecule has 2 aromatic rings. The number of benzene rings is 2. The highest BCUT2D eigenvalue weighted by Crippen LogP contribution is 2.31. The van der Waals surface area contributed by atoms with Gasteiger partial charge in [-0.3, -0.25) is 4.79 Å². The number of rotatable bonds is 3. The first kappa shape index (κ1) is 13.5. The van der Waals surface area contributed by atoms with Gasteiger partial charge in [-0.15, -0.1) is 0 Å². The van der Waals surface area contributed by atoms with E-state index in [-0.39, 0.29) is 11.3 Å². The first-order valence-electron chi connectivity index (χ1n) is 5.51.